The van der Waals surface area contributed by atoms with Gasteiger partial charge in [0.25, 0.3) is 0 Å². The lowest BCUT2D eigenvalue weighted by atomic mass is 10.1. The standard InChI is InChI=1S/C27H31NO6S/c1-18-9-14-23(35-18)15-24(27(30)32-4)20-10-12-22(13-11-20)33-17-21(29)16-28-19(2)34-26-8-6-5-7-25(26)31-3/h5-15,19,21,28-29H,16-17H2,1-4H3. The molecule has 35 heavy (non-hydrogen) atoms. The molecule has 0 fully saturated rings. The Balaban J connectivity index is 1.51. The number of rotatable bonds is 12. The highest BCUT2D eigenvalue weighted by molar-refractivity contribution is 7.12. The number of nitrogens with one attached hydrogen (secondary N) is 1. The van der Waals surface area contributed by atoms with E-state index in [9.17, 15) is 9.90 Å². The lowest BCUT2D eigenvalue weighted by molar-refractivity contribution is -0.133. The molecule has 1 aromatic heterocycles. The molecule has 0 aliphatic carbocycles. The number of aliphatic hydroxyl groups excluding tert-OH is 1. The molecule has 2 unspecified atom stereocenters. The Hall–Kier alpha value is -3.33. The minimum Gasteiger partial charge on any atom is -0.493 e. The molecule has 8 heteroatoms. The van der Waals surface area contributed by atoms with E-state index in [-0.39, 0.29) is 19.4 Å². The van der Waals surface area contributed by atoms with Crippen molar-refractivity contribution in [2.24, 2.45) is 0 Å². The van der Waals surface area contributed by atoms with Crippen LogP contribution in [-0.2, 0) is 9.53 Å². The van der Waals surface area contributed by atoms with Crippen molar-refractivity contribution in [2.45, 2.75) is 26.2 Å². The molecular weight excluding hydrogens is 466 g/mol. The van der Waals surface area contributed by atoms with Crippen molar-refractivity contribution >= 4 is 29.0 Å². The second-order valence-corrected chi connectivity index (χ2v) is 9.13. The molecule has 2 aromatic carbocycles. The van der Waals surface area contributed by atoms with Crippen LogP contribution in [0.25, 0.3) is 11.6 Å². The highest BCUT2D eigenvalue weighted by Crippen LogP contribution is 2.27. The third kappa shape index (κ3) is 7.85. The number of ether oxygens (including phenoxy) is 4. The van der Waals surface area contributed by atoms with Crippen molar-refractivity contribution < 1.29 is 28.8 Å². The van der Waals surface area contributed by atoms with Gasteiger partial charge in [-0.2, -0.15) is 0 Å². The van der Waals surface area contributed by atoms with E-state index in [2.05, 4.69) is 5.32 Å². The summed E-state index contributed by atoms with van der Waals surface area (Å²) in [6, 6.07) is 18.5. The molecule has 0 saturated heterocycles. The third-order valence-corrected chi connectivity index (χ3v) is 6.02. The number of hydrogen-bond donors (Lipinski definition) is 2. The Morgan fingerprint density at radius 2 is 1.77 bits per heavy atom. The van der Waals surface area contributed by atoms with E-state index in [1.165, 1.54) is 7.11 Å². The first-order chi connectivity index (χ1) is 16.9. The molecule has 1 heterocycles. The number of para-hydroxylation sites is 2. The zero-order chi connectivity index (χ0) is 25.2. The molecular formula is C27H31NO6S. The molecule has 0 spiro atoms. The van der Waals surface area contributed by atoms with Crippen molar-refractivity contribution in [3.8, 4) is 17.2 Å². The lowest BCUT2D eigenvalue weighted by Crippen LogP contribution is -2.39. The zero-order valence-corrected chi connectivity index (χ0v) is 21.1. The van der Waals surface area contributed by atoms with Gasteiger partial charge >= 0.3 is 5.97 Å². The SMILES string of the molecule is COC(=O)C(=Cc1ccc(C)s1)c1ccc(OCC(O)CNC(C)Oc2ccccc2OC)cc1. The second kappa shape index (κ2) is 12.9. The van der Waals surface area contributed by atoms with Gasteiger partial charge in [-0.25, -0.2) is 4.79 Å². The monoisotopic (exact) mass is 497 g/mol. The number of methoxy groups -OCH3 is 2. The van der Waals surface area contributed by atoms with E-state index in [1.807, 2.05) is 56.3 Å². The van der Waals surface area contributed by atoms with Crippen molar-refractivity contribution in [1.29, 1.82) is 0 Å². The van der Waals surface area contributed by atoms with E-state index in [0.29, 0.717) is 22.8 Å². The van der Waals surface area contributed by atoms with E-state index in [0.717, 1.165) is 15.3 Å². The molecule has 0 aliphatic heterocycles. The summed E-state index contributed by atoms with van der Waals surface area (Å²) in [5.74, 6) is 1.44. The predicted molar refractivity (Wildman–Crippen MR) is 138 cm³/mol. The number of esters is 1. The molecule has 2 atom stereocenters. The van der Waals surface area contributed by atoms with Gasteiger partial charge in [0.2, 0.25) is 0 Å². The normalized spacial score (nSPS) is 13.1. The van der Waals surface area contributed by atoms with Gasteiger partial charge in [-0.15, -0.1) is 11.3 Å². The summed E-state index contributed by atoms with van der Waals surface area (Å²) in [6.45, 7) is 4.25. The molecule has 0 aliphatic rings. The highest BCUT2D eigenvalue weighted by atomic mass is 32.1. The number of aliphatic hydroxyl groups is 1. The summed E-state index contributed by atoms with van der Waals surface area (Å²) in [6.07, 6.45) is 0.741. The van der Waals surface area contributed by atoms with Gasteiger partial charge in [0.15, 0.2) is 11.5 Å². The Kier molecular flexibility index (Phi) is 9.72. The molecule has 0 amide bonds. The Morgan fingerprint density at radius 3 is 2.40 bits per heavy atom. The number of carbonyl (C=O) groups is 1. The van der Waals surface area contributed by atoms with Crippen LogP contribution in [0.3, 0.4) is 0 Å². The van der Waals surface area contributed by atoms with Crippen molar-refractivity contribution in [1.82, 2.24) is 5.32 Å². The first kappa shape index (κ1) is 26.3. The Bertz CT molecular complexity index is 1120. The van der Waals surface area contributed by atoms with Crippen molar-refractivity contribution in [3.63, 3.8) is 0 Å². The third-order valence-electron chi connectivity index (χ3n) is 5.07. The van der Waals surface area contributed by atoms with Crippen molar-refractivity contribution in [2.75, 3.05) is 27.4 Å². The van der Waals surface area contributed by atoms with Gasteiger partial charge in [-0.05, 0) is 61.9 Å². The largest absolute Gasteiger partial charge is 0.493 e. The summed E-state index contributed by atoms with van der Waals surface area (Å²) in [4.78, 5) is 14.5. The van der Waals surface area contributed by atoms with Crippen LogP contribution in [0, 0.1) is 6.92 Å². The van der Waals surface area contributed by atoms with Gasteiger partial charge in [0.1, 0.15) is 24.7 Å². The van der Waals surface area contributed by atoms with Gasteiger partial charge in [0, 0.05) is 16.3 Å². The fourth-order valence-electron chi connectivity index (χ4n) is 3.28. The summed E-state index contributed by atoms with van der Waals surface area (Å²) < 4.78 is 21.8. The van der Waals surface area contributed by atoms with Crippen LogP contribution in [0.2, 0.25) is 0 Å². The van der Waals surface area contributed by atoms with Crippen LogP contribution >= 0.6 is 11.3 Å². The van der Waals surface area contributed by atoms with Gasteiger partial charge < -0.3 is 24.1 Å². The smallest absolute Gasteiger partial charge is 0.338 e. The second-order valence-electron chi connectivity index (χ2n) is 7.81. The number of hydrogen-bond acceptors (Lipinski definition) is 8. The van der Waals surface area contributed by atoms with Crippen LogP contribution in [0.1, 0.15) is 22.2 Å². The molecule has 186 valence electrons. The minimum absolute atomic E-state index is 0.0991. The van der Waals surface area contributed by atoms with Gasteiger partial charge in [0.05, 0.1) is 19.8 Å². The minimum atomic E-state index is -0.744. The Morgan fingerprint density at radius 1 is 1.06 bits per heavy atom. The molecule has 0 bridgehead atoms. The summed E-state index contributed by atoms with van der Waals surface area (Å²) >= 11 is 1.60. The van der Waals surface area contributed by atoms with E-state index in [1.54, 1.807) is 42.7 Å². The van der Waals surface area contributed by atoms with E-state index < -0.39 is 12.1 Å². The average molecular weight is 498 g/mol. The number of aryl methyl sites for hydroxylation is 1. The van der Waals surface area contributed by atoms with Gasteiger partial charge in [-0.1, -0.05) is 24.3 Å². The summed E-state index contributed by atoms with van der Waals surface area (Å²) in [5, 5.41) is 13.4. The maximum atomic E-state index is 12.3. The van der Waals surface area contributed by atoms with Gasteiger partial charge in [-0.3, -0.25) is 5.32 Å². The van der Waals surface area contributed by atoms with Crippen LogP contribution in [-0.4, -0.2) is 50.8 Å². The quantitative estimate of drug-likeness (QED) is 0.216. The zero-order valence-electron chi connectivity index (χ0n) is 20.3. The van der Waals surface area contributed by atoms with E-state index in [4.69, 9.17) is 18.9 Å². The fourth-order valence-corrected chi connectivity index (χ4v) is 4.10. The molecule has 3 aromatic rings. The van der Waals surface area contributed by atoms with Crippen LogP contribution in [0.15, 0.2) is 60.7 Å². The molecule has 7 nitrogen and oxygen atoms in total. The molecule has 2 N–H and O–H groups in total. The first-order valence-corrected chi connectivity index (χ1v) is 12.0. The molecule has 0 radical (unpaired) electrons. The van der Waals surface area contributed by atoms with Crippen LogP contribution in [0.4, 0.5) is 0 Å². The number of thiophene rings is 1. The molecule has 0 saturated carbocycles. The lowest BCUT2D eigenvalue weighted by Gasteiger charge is -2.20. The maximum absolute atomic E-state index is 12.3. The highest BCUT2D eigenvalue weighted by Gasteiger charge is 2.14. The summed E-state index contributed by atoms with van der Waals surface area (Å²) in [5.41, 5.74) is 1.19. The first-order valence-electron chi connectivity index (χ1n) is 11.2. The number of benzene rings is 2. The van der Waals surface area contributed by atoms with Crippen LogP contribution in [0.5, 0.6) is 17.2 Å². The Labute approximate surface area is 209 Å². The predicted octanol–water partition coefficient (Wildman–Crippen LogP) is 4.53. The average Bonchev–Trinajstić information content (AvgIpc) is 3.29. The molecule has 3 rings (SSSR count). The van der Waals surface area contributed by atoms with Crippen molar-refractivity contribution in [3.05, 3.63) is 76.0 Å². The van der Waals surface area contributed by atoms with E-state index >= 15 is 0 Å². The number of carbonyl (C=O) groups excluding carboxylic acids is 1. The summed E-state index contributed by atoms with van der Waals surface area (Å²) in [7, 11) is 2.95. The van der Waals surface area contributed by atoms with Crippen LogP contribution < -0.4 is 19.5 Å². The fraction of sp³-hybridized carbons (Fsp3) is 0.296. The topological polar surface area (TPSA) is 86.3 Å². The maximum Gasteiger partial charge on any atom is 0.338 e.